The lowest BCUT2D eigenvalue weighted by molar-refractivity contribution is 0.0373. The normalized spacial score (nSPS) is 11.4. The van der Waals surface area contributed by atoms with Gasteiger partial charge in [0.25, 0.3) is 5.91 Å². The van der Waals surface area contributed by atoms with Gasteiger partial charge < -0.3 is 20.6 Å². The van der Waals surface area contributed by atoms with E-state index in [0.29, 0.717) is 5.56 Å². The van der Waals surface area contributed by atoms with E-state index in [2.05, 4.69) is 5.32 Å². The van der Waals surface area contributed by atoms with E-state index < -0.39 is 37.1 Å². The summed E-state index contributed by atoms with van der Waals surface area (Å²) in [6.45, 7) is -0.276. The molecule has 6 heteroatoms. The van der Waals surface area contributed by atoms with Crippen LogP contribution in [0, 0.1) is 12.7 Å². The van der Waals surface area contributed by atoms with Crippen molar-refractivity contribution in [3.05, 3.63) is 35.1 Å². The number of nitrogens with one attached hydrogen (secondary N) is 1. The summed E-state index contributed by atoms with van der Waals surface area (Å²) in [7, 11) is 0. The minimum atomic E-state index is -1.56. The van der Waals surface area contributed by atoms with Crippen LogP contribution in [0.2, 0.25) is 0 Å². The van der Waals surface area contributed by atoms with Crippen molar-refractivity contribution in [2.24, 2.45) is 0 Å². The maximum Gasteiger partial charge on any atom is 0.254 e. The van der Waals surface area contributed by atoms with Crippen LogP contribution in [0.1, 0.15) is 15.9 Å². The molecule has 0 spiro atoms. The van der Waals surface area contributed by atoms with Gasteiger partial charge in [-0.3, -0.25) is 4.79 Å². The predicted octanol–water partition coefficient (Wildman–Crippen LogP) is -0.420. The van der Waals surface area contributed by atoms with Gasteiger partial charge >= 0.3 is 0 Å². The van der Waals surface area contributed by atoms with Gasteiger partial charge in [0.1, 0.15) is 11.4 Å². The Balaban J connectivity index is 2.94. The minimum absolute atomic E-state index is 0.208. The molecular formula is C12H16FNO4. The Bertz CT molecular complexity index is 424. The second kappa shape index (κ2) is 5.90. The predicted molar refractivity (Wildman–Crippen MR) is 62.6 cm³/mol. The van der Waals surface area contributed by atoms with Crippen molar-refractivity contribution >= 4 is 5.91 Å². The number of carbonyl (C=O) groups excluding carboxylic acids is 1. The number of aryl methyl sites for hydroxylation is 1. The van der Waals surface area contributed by atoms with E-state index in [-0.39, 0.29) is 5.56 Å². The summed E-state index contributed by atoms with van der Waals surface area (Å²) >= 11 is 0. The number of aliphatic hydroxyl groups excluding tert-OH is 3. The molecule has 0 fully saturated rings. The van der Waals surface area contributed by atoms with Gasteiger partial charge in [-0.15, -0.1) is 0 Å². The summed E-state index contributed by atoms with van der Waals surface area (Å²) in [4.78, 5) is 11.8. The van der Waals surface area contributed by atoms with Crippen LogP contribution in [-0.4, -0.2) is 46.6 Å². The number of aliphatic hydroxyl groups is 3. The molecular weight excluding hydrogens is 241 g/mol. The van der Waals surface area contributed by atoms with Crippen molar-refractivity contribution in [3.63, 3.8) is 0 Å². The number of rotatable bonds is 5. The number of amides is 1. The third kappa shape index (κ3) is 3.04. The Kier molecular flexibility index (Phi) is 4.77. The summed E-state index contributed by atoms with van der Waals surface area (Å²) in [6.07, 6.45) is 0. The topological polar surface area (TPSA) is 89.8 Å². The molecule has 0 unspecified atom stereocenters. The molecule has 4 N–H and O–H groups in total. The van der Waals surface area contributed by atoms with Crippen molar-refractivity contribution < 1.29 is 24.5 Å². The molecule has 1 rings (SSSR count). The highest BCUT2D eigenvalue weighted by molar-refractivity contribution is 5.95. The summed E-state index contributed by atoms with van der Waals surface area (Å²) in [5, 5.41) is 29.4. The van der Waals surface area contributed by atoms with Crippen LogP contribution >= 0.6 is 0 Å². The molecule has 0 saturated carbocycles. The first kappa shape index (κ1) is 14.6. The third-order valence-electron chi connectivity index (χ3n) is 2.66. The molecule has 0 bridgehead atoms. The van der Waals surface area contributed by atoms with Crippen LogP contribution in [0.4, 0.5) is 4.39 Å². The molecule has 1 amide bonds. The zero-order valence-electron chi connectivity index (χ0n) is 9.98. The second-order valence-corrected chi connectivity index (χ2v) is 4.19. The molecule has 0 radical (unpaired) electrons. The van der Waals surface area contributed by atoms with Gasteiger partial charge in [-0.2, -0.15) is 0 Å². The second-order valence-electron chi connectivity index (χ2n) is 4.19. The Hall–Kier alpha value is -1.50. The third-order valence-corrected chi connectivity index (χ3v) is 2.66. The maximum atomic E-state index is 13.5. The summed E-state index contributed by atoms with van der Waals surface area (Å²) < 4.78 is 13.5. The molecule has 0 aliphatic heterocycles. The highest BCUT2D eigenvalue weighted by Crippen LogP contribution is 2.11. The number of carbonyl (C=O) groups is 1. The van der Waals surface area contributed by atoms with Gasteiger partial charge in [0.15, 0.2) is 0 Å². The first-order valence-electron chi connectivity index (χ1n) is 5.39. The van der Waals surface area contributed by atoms with Crippen LogP contribution in [0.3, 0.4) is 0 Å². The van der Waals surface area contributed by atoms with Gasteiger partial charge in [-0.25, -0.2) is 4.39 Å². The van der Waals surface area contributed by atoms with Crippen molar-refractivity contribution in [1.29, 1.82) is 0 Å². The lowest BCUT2D eigenvalue weighted by Gasteiger charge is -2.28. The van der Waals surface area contributed by atoms with Crippen LogP contribution in [-0.2, 0) is 0 Å². The van der Waals surface area contributed by atoms with Crippen molar-refractivity contribution in [3.8, 4) is 0 Å². The summed E-state index contributed by atoms with van der Waals surface area (Å²) in [6, 6.07) is 4.07. The van der Waals surface area contributed by atoms with Crippen LogP contribution in [0.15, 0.2) is 18.2 Å². The molecule has 5 nitrogen and oxygen atoms in total. The quantitative estimate of drug-likeness (QED) is 0.577. The first-order chi connectivity index (χ1) is 8.48. The molecule has 1 aromatic rings. The van der Waals surface area contributed by atoms with Gasteiger partial charge in [0, 0.05) is 0 Å². The Morgan fingerprint density at radius 3 is 2.28 bits per heavy atom. The van der Waals surface area contributed by atoms with E-state index in [1.807, 2.05) is 0 Å². The minimum Gasteiger partial charge on any atom is -0.394 e. The number of benzene rings is 1. The van der Waals surface area contributed by atoms with Crippen molar-refractivity contribution in [2.75, 3.05) is 19.8 Å². The fourth-order valence-electron chi connectivity index (χ4n) is 1.38. The average Bonchev–Trinajstić information content (AvgIpc) is 2.36. The summed E-state index contributed by atoms with van der Waals surface area (Å²) in [5.74, 6) is -1.50. The molecule has 18 heavy (non-hydrogen) atoms. The van der Waals surface area contributed by atoms with Gasteiger partial charge in [0.05, 0.1) is 25.4 Å². The van der Waals surface area contributed by atoms with Crippen molar-refractivity contribution in [2.45, 2.75) is 12.5 Å². The standard InChI is InChI=1S/C12H16FNO4/c1-8-2-3-9(10(13)4-8)11(18)14-12(5-15,6-16)7-17/h2-4,15-17H,5-7H2,1H3,(H,14,18). The molecule has 0 heterocycles. The Morgan fingerprint density at radius 1 is 1.28 bits per heavy atom. The molecule has 100 valence electrons. The average molecular weight is 257 g/mol. The molecule has 0 atom stereocenters. The lowest BCUT2D eigenvalue weighted by Crippen LogP contribution is -2.57. The molecule has 0 aliphatic rings. The van der Waals surface area contributed by atoms with E-state index in [0.717, 1.165) is 0 Å². The first-order valence-corrected chi connectivity index (χ1v) is 5.39. The van der Waals surface area contributed by atoms with Gasteiger partial charge in [-0.05, 0) is 24.6 Å². The Morgan fingerprint density at radius 2 is 1.83 bits per heavy atom. The highest BCUT2D eigenvalue weighted by atomic mass is 19.1. The van der Waals surface area contributed by atoms with Crippen LogP contribution in [0.25, 0.3) is 0 Å². The number of halogens is 1. The van der Waals surface area contributed by atoms with E-state index >= 15 is 0 Å². The fraction of sp³-hybridized carbons (Fsp3) is 0.417. The lowest BCUT2D eigenvalue weighted by atomic mass is 10.0. The van der Waals surface area contributed by atoms with Gasteiger partial charge in [0.2, 0.25) is 0 Å². The zero-order valence-corrected chi connectivity index (χ0v) is 9.98. The van der Waals surface area contributed by atoms with E-state index in [1.54, 1.807) is 13.0 Å². The van der Waals surface area contributed by atoms with Crippen LogP contribution in [0.5, 0.6) is 0 Å². The monoisotopic (exact) mass is 257 g/mol. The smallest absolute Gasteiger partial charge is 0.254 e. The Labute approximate surface area is 104 Å². The zero-order chi connectivity index (χ0) is 13.8. The molecule has 0 saturated heterocycles. The number of hydrogen-bond acceptors (Lipinski definition) is 4. The van der Waals surface area contributed by atoms with E-state index in [4.69, 9.17) is 15.3 Å². The van der Waals surface area contributed by atoms with Gasteiger partial charge in [-0.1, -0.05) is 6.07 Å². The maximum absolute atomic E-state index is 13.5. The molecule has 1 aromatic carbocycles. The number of hydrogen-bond donors (Lipinski definition) is 4. The largest absolute Gasteiger partial charge is 0.394 e. The van der Waals surface area contributed by atoms with Crippen LogP contribution < -0.4 is 5.32 Å². The SMILES string of the molecule is Cc1ccc(C(=O)NC(CO)(CO)CO)c(F)c1. The molecule has 0 aromatic heterocycles. The molecule has 0 aliphatic carbocycles. The van der Waals surface area contributed by atoms with E-state index in [1.165, 1.54) is 12.1 Å². The fourth-order valence-corrected chi connectivity index (χ4v) is 1.38. The summed E-state index contributed by atoms with van der Waals surface area (Å²) in [5.41, 5.74) is -1.10. The highest BCUT2D eigenvalue weighted by Gasteiger charge is 2.31. The van der Waals surface area contributed by atoms with E-state index in [9.17, 15) is 9.18 Å². The van der Waals surface area contributed by atoms with Crippen molar-refractivity contribution in [1.82, 2.24) is 5.32 Å².